The number of halogens is 3. The normalized spacial score (nSPS) is 10.2. The molecule has 2 aromatic rings. The number of anilines is 1. The van der Waals surface area contributed by atoms with Crippen molar-refractivity contribution in [2.45, 2.75) is 6.42 Å². The molecular formula is C12H7F3N4. The van der Waals surface area contributed by atoms with Crippen LogP contribution in [0.25, 0.3) is 0 Å². The van der Waals surface area contributed by atoms with Crippen LogP contribution in [0, 0.1) is 28.8 Å². The maximum absolute atomic E-state index is 13.5. The molecule has 0 atom stereocenters. The summed E-state index contributed by atoms with van der Waals surface area (Å²) >= 11 is 0. The molecule has 0 aliphatic rings. The summed E-state index contributed by atoms with van der Waals surface area (Å²) in [6.45, 7) is 0. The van der Waals surface area contributed by atoms with Crippen molar-refractivity contribution >= 4 is 5.82 Å². The third kappa shape index (κ3) is 2.63. The first kappa shape index (κ1) is 12.8. The van der Waals surface area contributed by atoms with Gasteiger partial charge in [-0.25, -0.2) is 23.1 Å². The second kappa shape index (κ2) is 4.94. The number of benzene rings is 1. The lowest BCUT2D eigenvalue weighted by atomic mass is 10.1. The smallest absolute Gasteiger partial charge is 0.161 e. The van der Waals surface area contributed by atoms with E-state index >= 15 is 0 Å². The van der Waals surface area contributed by atoms with Gasteiger partial charge in [0.25, 0.3) is 0 Å². The van der Waals surface area contributed by atoms with Crippen LogP contribution < -0.4 is 5.73 Å². The Morgan fingerprint density at radius 1 is 1.16 bits per heavy atom. The molecule has 0 saturated carbocycles. The van der Waals surface area contributed by atoms with Crippen molar-refractivity contribution in [1.29, 1.82) is 5.26 Å². The molecule has 0 aliphatic carbocycles. The minimum Gasteiger partial charge on any atom is -0.382 e. The Hall–Kier alpha value is -2.62. The van der Waals surface area contributed by atoms with Crippen molar-refractivity contribution in [2.75, 3.05) is 5.73 Å². The average molecular weight is 264 g/mol. The number of rotatable bonds is 2. The van der Waals surface area contributed by atoms with Gasteiger partial charge in [0.15, 0.2) is 17.3 Å². The Morgan fingerprint density at radius 3 is 2.53 bits per heavy atom. The number of aromatic nitrogens is 2. The Balaban J connectivity index is 2.42. The van der Waals surface area contributed by atoms with Gasteiger partial charge in [-0.15, -0.1) is 0 Å². The maximum Gasteiger partial charge on any atom is 0.161 e. The summed E-state index contributed by atoms with van der Waals surface area (Å²) in [4.78, 5) is 7.57. The van der Waals surface area contributed by atoms with Crippen LogP contribution in [0.5, 0.6) is 0 Å². The number of nitriles is 1. The highest BCUT2D eigenvalue weighted by Crippen LogP contribution is 2.18. The monoisotopic (exact) mass is 264 g/mol. The Kier molecular flexibility index (Phi) is 3.33. The lowest BCUT2D eigenvalue weighted by Crippen LogP contribution is -2.05. The second-order valence-corrected chi connectivity index (χ2v) is 3.73. The van der Waals surface area contributed by atoms with Gasteiger partial charge in [-0.1, -0.05) is 0 Å². The highest BCUT2D eigenvalue weighted by Gasteiger charge is 2.13. The van der Waals surface area contributed by atoms with E-state index in [2.05, 4.69) is 9.97 Å². The van der Waals surface area contributed by atoms with Crippen molar-refractivity contribution in [3.05, 3.63) is 52.7 Å². The van der Waals surface area contributed by atoms with Crippen molar-refractivity contribution in [2.24, 2.45) is 0 Å². The van der Waals surface area contributed by atoms with Crippen molar-refractivity contribution in [3.63, 3.8) is 0 Å². The Labute approximate surface area is 106 Å². The maximum atomic E-state index is 13.5. The van der Waals surface area contributed by atoms with Gasteiger partial charge in [-0.05, 0) is 11.6 Å². The molecule has 19 heavy (non-hydrogen) atoms. The van der Waals surface area contributed by atoms with Crippen LogP contribution in [0.2, 0.25) is 0 Å². The Morgan fingerprint density at radius 2 is 1.84 bits per heavy atom. The van der Waals surface area contributed by atoms with Gasteiger partial charge in [-0.3, -0.25) is 0 Å². The van der Waals surface area contributed by atoms with Crippen molar-refractivity contribution < 1.29 is 13.2 Å². The molecule has 0 unspecified atom stereocenters. The van der Waals surface area contributed by atoms with E-state index in [0.717, 1.165) is 6.07 Å². The summed E-state index contributed by atoms with van der Waals surface area (Å²) in [5.74, 6) is -3.35. The standard InChI is InChI=1S/C12H7F3N4/c13-8-3-10(15)9(14)1-6(8)2-11-12(17)18-5-7(4-16)19-11/h1,3,5H,2H2,(H2,17,18). The zero-order chi connectivity index (χ0) is 14.0. The van der Waals surface area contributed by atoms with Gasteiger partial charge in [0, 0.05) is 12.5 Å². The minimum absolute atomic E-state index is 0.00290. The third-order valence-electron chi connectivity index (χ3n) is 2.44. The molecule has 0 bridgehead atoms. The zero-order valence-electron chi connectivity index (χ0n) is 9.49. The van der Waals surface area contributed by atoms with E-state index in [4.69, 9.17) is 11.0 Å². The fourth-order valence-electron chi connectivity index (χ4n) is 1.50. The lowest BCUT2D eigenvalue weighted by molar-refractivity contribution is 0.491. The highest BCUT2D eigenvalue weighted by atomic mass is 19.2. The van der Waals surface area contributed by atoms with E-state index in [1.54, 1.807) is 6.07 Å². The minimum atomic E-state index is -1.27. The van der Waals surface area contributed by atoms with E-state index in [-0.39, 0.29) is 29.2 Å². The molecule has 0 saturated heterocycles. The van der Waals surface area contributed by atoms with Crippen LogP contribution in [-0.2, 0) is 6.42 Å². The molecule has 0 spiro atoms. The van der Waals surface area contributed by atoms with E-state index in [1.807, 2.05) is 0 Å². The number of nitrogen functional groups attached to an aromatic ring is 1. The average Bonchev–Trinajstić information content (AvgIpc) is 2.38. The van der Waals surface area contributed by atoms with Crippen LogP contribution in [0.3, 0.4) is 0 Å². The predicted molar refractivity (Wildman–Crippen MR) is 60.3 cm³/mol. The highest BCUT2D eigenvalue weighted by molar-refractivity contribution is 5.40. The van der Waals surface area contributed by atoms with Gasteiger partial charge >= 0.3 is 0 Å². The SMILES string of the molecule is N#Cc1cnc(N)c(Cc2cc(F)c(F)cc2F)n1. The molecule has 1 heterocycles. The topological polar surface area (TPSA) is 75.6 Å². The van der Waals surface area contributed by atoms with E-state index in [1.165, 1.54) is 6.20 Å². The molecule has 0 aliphatic heterocycles. The first-order valence-corrected chi connectivity index (χ1v) is 5.16. The zero-order valence-corrected chi connectivity index (χ0v) is 9.49. The van der Waals surface area contributed by atoms with Gasteiger partial charge in [0.05, 0.1) is 11.9 Å². The molecule has 96 valence electrons. The number of nitrogens with two attached hydrogens (primary N) is 1. The van der Waals surface area contributed by atoms with Crippen LogP contribution in [-0.4, -0.2) is 9.97 Å². The van der Waals surface area contributed by atoms with Gasteiger partial charge in [-0.2, -0.15) is 5.26 Å². The summed E-state index contributed by atoms with van der Waals surface area (Å²) in [7, 11) is 0. The van der Waals surface area contributed by atoms with E-state index < -0.39 is 17.5 Å². The van der Waals surface area contributed by atoms with Gasteiger partial charge < -0.3 is 5.73 Å². The van der Waals surface area contributed by atoms with Gasteiger partial charge in [0.1, 0.15) is 17.7 Å². The molecule has 4 nitrogen and oxygen atoms in total. The second-order valence-electron chi connectivity index (χ2n) is 3.73. The fraction of sp³-hybridized carbons (Fsp3) is 0.0833. The summed E-state index contributed by atoms with van der Waals surface area (Å²) in [6, 6.07) is 2.93. The molecule has 1 aromatic heterocycles. The van der Waals surface area contributed by atoms with Crippen molar-refractivity contribution in [3.8, 4) is 6.07 Å². The fourth-order valence-corrected chi connectivity index (χ4v) is 1.50. The summed E-state index contributed by atoms with van der Waals surface area (Å²) in [5, 5.41) is 8.68. The van der Waals surface area contributed by atoms with Crippen LogP contribution in [0.15, 0.2) is 18.3 Å². The first-order chi connectivity index (χ1) is 9.01. The Bertz CT molecular complexity index is 679. The number of hydrogen-bond acceptors (Lipinski definition) is 4. The molecule has 1 aromatic carbocycles. The summed E-state index contributed by atoms with van der Waals surface area (Å²) in [6.07, 6.45) is 0.984. The van der Waals surface area contributed by atoms with Crippen LogP contribution >= 0.6 is 0 Å². The summed E-state index contributed by atoms with van der Waals surface area (Å²) < 4.78 is 39.3. The van der Waals surface area contributed by atoms with Crippen molar-refractivity contribution in [1.82, 2.24) is 9.97 Å². The lowest BCUT2D eigenvalue weighted by Gasteiger charge is -2.06. The largest absolute Gasteiger partial charge is 0.382 e. The van der Waals surface area contributed by atoms with E-state index in [0.29, 0.717) is 6.07 Å². The number of hydrogen-bond donors (Lipinski definition) is 1. The molecular weight excluding hydrogens is 257 g/mol. The number of nitrogens with zero attached hydrogens (tertiary/aromatic N) is 3. The van der Waals surface area contributed by atoms with Crippen LogP contribution in [0.4, 0.5) is 19.0 Å². The third-order valence-corrected chi connectivity index (χ3v) is 2.44. The molecule has 7 heteroatoms. The molecule has 2 N–H and O–H groups in total. The molecule has 0 amide bonds. The quantitative estimate of drug-likeness (QED) is 0.841. The molecule has 2 rings (SSSR count). The summed E-state index contributed by atoms with van der Waals surface area (Å²) in [5.41, 5.74) is 5.56. The molecule has 0 radical (unpaired) electrons. The van der Waals surface area contributed by atoms with Gasteiger partial charge in [0.2, 0.25) is 0 Å². The first-order valence-electron chi connectivity index (χ1n) is 5.16. The van der Waals surface area contributed by atoms with Crippen LogP contribution in [0.1, 0.15) is 17.0 Å². The predicted octanol–water partition coefficient (Wildman–Crippen LogP) is 1.94. The molecule has 0 fully saturated rings. The van der Waals surface area contributed by atoms with E-state index in [9.17, 15) is 13.2 Å².